The summed E-state index contributed by atoms with van der Waals surface area (Å²) < 4.78 is 72.3. The number of fused-ring (bicyclic) bond motifs is 1. The van der Waals surface area contributed by atoms with Gasteiger partial charge in [-0.25, -0.2) is 8.42 Å². The molecule has 0 fully saturated rings. The van der Waals surface area contributed by atoms with E-state index in [1.54, 1.807) is 31.2 Å². The lowest BCUT2D eigenvalue weighted by Gasteiger charge is -2.18. The van der Waals surface area contributed by atoms with Gasteiger partial charge in [-0.1, -0.05) is 6.92 Å². The highest BCUT2D eigenvalue weighted by Gasteiger charge is 2.38. The fourth-order valence-electron chi connectivity index (χ4n) is 3.20. The Balaban J connectivity index is 2.23. The summed E-state index contributed by atoms with van der Waals surface area (Å²) in [5.74, 6) is 0.344. The van der Waals surface area contributed by atoms with Gasteiger partial charge < -0.3 is 4.74 Å². The van der Waals surface area contributed by atoms with Gasteiger partial charge in [0.15, 0.2) is 9.84 Å². The van der Waals surface area contributed by atoms with Crippen molar-refractivity contribution in [3.05, 3.63) is 53.1 Å². The smallest absolute Gasteiger partial charge is 0.417 e. The summed E-state index contributed by atoms with van der Waals surface area (Å²) in [5, 5.41) is 0. The minimum absolute atomic E-state index is 0.0652. The van der Waals surface area contributed by atoms with Crippen LogP contribution >= 0.6 is 0 Å². The number of rotatable bonds is 6. The number of alkyl halides is 3. The Morgan fingerprint density at radius 2 is 1.80 bits per heavy atom. The van der Waals surface area contributed by atoms with Crippen LogP contribution in [-0.4, -0.2) is 39.2 Å². The first kappa shape index (κ1) is 22.0. The van der Waals surface area contributed by atoms with E-state index in [4.69, 9.17) is 4.74 Å². The van der Waals surface area contributed by atoms with Gasteiger partial charge in [0, 0.05) is 17.3 Å². The molecule has 1 heterocycles. The number of sulfone groups is 1. The van der Waals surface area contributed by atoms with E-state index in [9.17, 15) is 21.6 Å². The maximum atomic E-state index is 14.0. The van der Waals surface area contributed by atoms with Crippen LogP contribution in [0, 0.1) is 0 Å². The maximum Gasteiger partial charge on any atom is 0.417 e. The quantitative estimate of drug-likeness (QED) is 0.648. The molecule has 3 rings (SSSR count). The molecule has 1 aliphatic heterocycles. The second kappa shape index (κ2) is 8.59. The average Bonchev–Trinajstić information content (AvgIpc) is 2.90. The summed E-state index contributed by atoms with van der Waals surface area (Å²) >= 11 is 0. The van der Waals surface area contributed by atoms with Crippen molar-refractivity contribution in [3.63, 3.8) is 0 Å². The lowest BCUT2D eigenvalue weighted by Crippen LogP contribution is -2.17. The molecular weight excluding hydrogens is 417 g/mol. The number of hydrogen-bond donors (Lipinski definition) is 0. The molecule has 1 aliphatic rings. The van der Waals surface area contributed by atoms with E-state index in [1.807, 2.05) is 6.92 Å². The second-order valence-corrected chi connectivity index (χ2v) is 8.75. The molecule has 9 heteroatoms. The molecule has 2 aromatic carbocycles. The molecule has 0 spiro atoms. The van der Waals surface area contributed by atoms with E-state index in [2.05, 4.69) is 9.98 Å². The molecule has 0 bridgehead atoms. The minimum atomic E-state index is -4.78. The van der Waals surface area contributed by atoms with Gasteiger partial charge >= 0.3 is 6.18 Å². The van der Waals surface area contributed by atoms with Crippen molar-refractivity contribution in [2.75, 3.05) is 18.9 Å². The van der Waals surface area contributed by atoms with Crippen molar-refractivity contribution in [2.24, 2.45) is 9.98 Å². The van der Waals surface area contributed by atoms with Crippen molar-refractivity contribution in [3.8, 4) is 5.75 Å². The Bertz CT molecular complexity index is 1090. The van der Waals surface area contributed by atoms with Gasteiger partial charge in [-0.05, 0) is 49.7 Å². The summed E-state index contributed by atoms with van der Waals surface area (Å²) in [7, 11) is -3.86. The fraction of sp³-hybridized carbons (Fsp3) is 0.333. The number of aliphatic imine (C=N–C) groups is 2. The van der Waals surface area contributed by atoms with E-state index in [1.165, 1.54) is 12.3 Å². The van der Waals surface area contributed by atoms with Gasteiger partial charge in [0.05, 0.1) is 40.8 Å². The zero-order valence-electron chi connectivity index (χ0n) is 16.5. The molecule has 30 heavy (non-hydrogen) atoms. The summed E-state index contributed by atoms with van der Waals surface area (Å²) in [6, 6.07) is 8.44. The van der Waals surface area contributed by atoms with Crippen molar-refractivity contribution < 1.29 is 26.3 Å². The molecule has 160 valence electrons. The molecule has 5 nitrogen and oxygen atoms in total. The highest BCUT2D eigenvalue weighted by molar-refractivity contribution is 7.91. The van der Waals surface area contributed by atoms with Crippen LogP contribution < -0.4 is 4.74 Å². The number of nitrogens with zero attached hydrogens (tertiary/aromatic N) is 2. The van der Waals surface area contributed by atoms with Crippen LogP contribution in [0.1, 0.15) is 37.0 Å². The molecule has 0 aliphatic carbocycles. The van der Waals surface area contributed by atoms with Gasteiger partial charge in [-0.3, -0.25) is 9.98 Å². The van der Waals surface area contributed by atoms with E-state index in [0.717, 1.165) is 0 Å². The maximum absolute atomic E-state index is 14.0. The minimum Gasteiger partial charge on any atom is -0.494 e. The van der Waals surface area contributed by atoms with Gasteiger partial charge in [-0.15, -0.1) is 0 Å². The standard InChI is InChI=1S/C21H21F3N2O3S/c1-3-11-30(27,28)16-12-17(21(22,23)24)19-18(13-16)25-9-10-26-20(19)14-5-7-15(8-6-14)29-4-2/h5-9,12-13H,3-4,10-11H2,1-2H3. The van der Waals surface area contributed by atoms with Gasteiger partial charge in [0.1, 0.15) is 5.75 Å². The first-order chi connectivity index (χ1) is 14.2. The third-order valence-corrected chi connectivity index (χ3v) is 6.37. The molecule has 0 saturated carbocycles. The van der Waals surface area contributed by atoms with E-state index < -0.39 is 21.6 Å². The number of hydrogen-bond acceptors (Lipinski definition) is 5. The third kappa shape index (κ3) is 4.56. The fourth-order valence-corrected chi connectivity index (χ4v) is 4.56. The predicted octanol–water partition coefficient (Wildman–Crippen LogP) is 4.84. The van der Waals surface area contributed by atoms with Gasteiger partial charge in [-0.2, -0.15) is 13.2 Å². The van der Waals surface area contributed by atoms with E-state index in [0.29, 0.717) is 30.4 Å². The van der Waals surface area contributed by atoms with Crippen LogP contribution in [0.25, 0.3) is 0 Å². The molecule has 0 saturated heterocycles. The SMILES string of the molecule is CCCS(=O)(=O)c1cc2c(c(C(F)(F)F)c1)C(c1ccc(OCC)cc1)=NCC=N2. The molecule has 0 radical (unpaired) electrons. The summed E-state index contributed by atoms with van der Waals surface area (Å²) in [6.45, 7) is 4.02. The van der Waals surface area contributed by atoms with Crippen LogP contribution in [0.2, 0.25) is 0 Å². The predicted molar refractivity (Wildman–Crippen MR) is 110 cm³/mol. The number of benzene rings is 2. The Morgan fingerprint density at radius 1 is 1.10 bits per heavy atom. The first-order valence-corrected chi connectivity index (χ1v) is 11.1. The number of ether oxygens (including phenoxy) is 1. The zero-order valence-corrected chi connectivity index (χ0v) is 17.3. The van der Waals surface area contributed by atoms with Gasteiger partial charge in [0.2, 0.25) is 0 Å². The Morgan fingerprint density at radius 3 is 2.40 bits per heavy atom. The first-order valence-electron chi connectivity index (χ1n) is 9.46. The lowest BCUT2D eigenvalue weighted by atomic mass is 9.95. The lowest BCUT2D eigenvalue weighted by molar-refractivity contribution is -0.137. The molecule has 2 aromatic rings. The molecule has 0 unspecified atom stereocenters. The molecule has 0 atom stereocenters. The summed E-state index contributed by atoms with van der Waals surface area (Å²) in [5.41, 5.74) is -0.793. The Kier molecular flexibility index (Phi) is 6.30. The van der Waals surface area contributed by atoms with Crippen molar-refractivity contribution in [1.29, 1.82) is 0 Å². The summed E-state index contributed by atoms with van der Waals surface area (Å²) in [6.07, 6.45) is -3.12. The van der Waals surface area contributed by atoms with E-state index in [-0.39, 0.29) is 34.2 Å². The highest BCUT2D eigenvalue weighted by atomic mass is 32.2. The molecule has 0 aromatic heterocycles. The van der Waals surface area contributed by atoms with Crippen LogP contribution in [0.15, 0.2) is 51.3 Å². The normalized spacial score (nSPS) is 14.1. The Hall–Kier alpha value is -2.68. The van der Waals surface area contributed by atoms with Crippen molar-refractivity contribution in [1.82, 2.24) is 0 Å². The second-order valence-electron chi connectivity index (χ2n) is 6.64. The summed E-state index contributed by atoms with van der Waals surface area (Å²) in [4.78, 5) is 7.99. The van der Waals surface area contributed by atoms with Crippen LogP contribution in [0.3, 0.4) is 0 Å². The Labute approximate surface area is 173 Å². The highest BCUT2D eigenvalue weighted by Crippen LogP contribution is 2.40. The zero-order chi connectivity index (χ0) is 21.9. The van der Waals surface area contributed by atoms with E-state index >= 15 is 0 Å². The third-order valence-electron chi connectivity index (χ3n) is 4.47. The van der Waals surface area contributed by atoms with Crippen LogP contribution in [0.4, 0.5) is 18.9 Å². The average molecular weight is 438 g/mol. The molecular formula is C21H21F3N2O3S. The van der Waals surface area contributed by atoms with Gasteiger partial charge in [0.25, 0.3) is 0 Å². The largest absolute Gasteiger partial charge is 0.494 e. The molecule has 0 amide bonds. The van der Waals surface area contributed by atoms with Crippen molar-refractivity contribution in [2.45, 2.75) is 31.3 Å². The monoisotopic (exact) mass is 438 g/mol. The number of halogens is 3. The van der Waals surface area contributed by atoms with Crippen LogP contribution in [-0.2, 0) is 16.0 Å². The molecule has 0 N–H and O–H groups in total. The van der Waals surface area contributed by atoms with Crippen LogP contribution in [0.5, 0.6) is 5.75 Å². The van der Waals surface area contributed by atoms with Crippen molar-refractivity contribution >= 4 is 27.5 Å². The topological polar surface area (TPSA) is 68.1 Å².